The monoisotopic (exact) mass is 549 g/mol. The van der Waals surface area contributed by atoms with Crippen molar-refractivity contribution in [1.29, 1.82) is 0 Å². The van der Waals surface area contributed by atoms with Gasteiger partial charge in [-0.3, -0.25) is 24.1 Å². The summed E-state index contributed by atoms with van der Waals surface area (Å²) in [7, 11) is 0. The number of benzene rings is 2. The molecule has 1 fully saturated rings. The molecule has 214 valence electrons. The highest BCUT2D eigenvalue weighted by Crippen LogP contribution is 2.41. The number of hydroxylamine groups is 2. The van der Waals surface area contributed by atoms with Gasteiger partial charge in [-0.1, -0.05) is 44.2 Å². The molecule has 3 aliphatic heterocycles. The lowest BCUT2D eigenvalue weighted by molar-refractivity contribution is -0.188. The molecule has 0 bridgehead atoms. The van der Waals surface area contributed by atoms with Gasteiger partial charge in [0.1, 0.15) is 5.75 Å². The first-order chi connectivity index (χ1) is 19.4. The second-order valence-electron chi connectivity index (χ2n) is 10.9. The van der Waals surface area contributed by atoms with Crippen molar-refractivity contribution in [2.75, 3.05) is 44.3 Å². The Balaban J connectivity index is 1.42. The number of carboxylic acids is 1. The van der Waals surface area contributed by atoms with Crippen LogP contribution in [0.5, 0.6) is 5.75 Å². The molecule has 3 unspecified atom stereocenters. The molecule has 0 saturated carbocycles. The SMILES string of the molecule is CCCON(CCC)C(=O)CN1CC(c2ccc3c(c2)CCO3)C(C(=O)O)C1CCN1C(=O)Cc2ccccc21. The van der Waals surface area contributed by atoms with Gasteiger partial charge in [0.15, 0.2) is 0 Å². The van der Waals surface area contributed by atoms with Gasteiger partial charge < -0.3 is 14.7 Å². The fourth-order valence-corrected chi connectivity index (χ4v) is 6.37. The average Bonchev–Trinajstić information content (AvgIpc) is 3.64. The van der Waals surface area contributed by atoms with Crippen molar-refractivity contribution in [1.82, 2.24) is 9.96 Å². The predicted molar refractivity (Wildman–Crippen MR) is 150 cm³/mol. The number of carbonyl (C=O) groups excluding carboxylic acids is 2. The highest BCUT2D eigenvalue weighted by molar-refractivity contribution is 6.01. The first-order valence-electron chi connectivity index (χ1n) is 14.4. The molecule has 1 N–H and O–H groups in total. The second-order valence-corrected chi connectivity index (χ2v) is 10.9. The maximum atomic E-state index is 13.4. The van der Waals surface area contributed by atoms with Crippen molar-refractivity contribution in [3.05, 3.63) is 59.2 Å². The number of anilines is 1. The number of para-hydroxylation sites is 1. The summed E-state index contributed by atoms with van der Waals surface area (Å²) in [5, 5.41) is 11.9. The van der Waals surface area contributed by atoms with Crippen LogP contribution in [-0.2, 0) is 32.1 Å². The smallest absolute Gasteiger partial charge is 0.308 e. The van der Waals surface area contributed by atoms with Crippen LogP contribution in [0.3, 0.4) is 0 Å². The van der Waals surface area contributed by atoms with Crippen LogP contribution in [0, 0.1) is 5.92 Å². The third kappa shape index (κ3) is 5.71. The van der Waals surface area contributed by atoms with Gasteiger partial charge in [0.25, 0.3) is 5.91 Å². The van der Waals surface area contributed by atoms with E-state index in [1.165, 1.54) is 5.06 Å². The quantitative estimate of drug-likeness (QED) is 0.404. The Morgan fingerprint density at radius 1 is 1.12 bits per heavy atom. The third-order valence-electron chi connectivity index (χ3n) is 8.24. The Bertz CT molecular complexity index is 1250. The molecule has 3 atom stereocenters. The van der Waals surface area contributed by atoms with Crippen LogP contribution in [0.4, 0.5) is 5.69 Å². The molecule has 2 amide bonds. The summed E-state index contributed by atoms with van der Waals surface area (Å²) in [5.74, 6) is -1.20. The lowest BCUT2D eigenvalue weighted by Crippen LogP contribution is -2.45. The van der Waals surface area contributed by atoms with Crippen molar-refractivity contribution < 1.29 is 29.1 Å². The number of fused-ring (bicyclic) bond motifs is 2. The molecule has 0 aliphatic carbocycles. The molecule has 2 aromatic rings. The molecule has 1 saturated heterocycles. The number of carboxylic acid groups (broad SMARTS) is 1. The van der Waals surface area contributed by atoms with Crippen LogP contribution in [0.2, 0.25) is 0 Å². The number of aliphatic carboxylic acids is 1. The zero-order chi connectivity index (χ0) is 28.2. The van der Waals surface area contributed by atoms with Gasteiger partial charge in [-0.15, -0.1) is 0 Å². The van der Waals surface area contributed by atoms with E-state index >= 15 is 0 Å². The largest absolute Gasteiger partial charge is 0.493 e. The standard InChI is InChI=1S/C31H39N3O6/c1-3-13-34(40-15-4-2)29(36)20-32-19-24(21-9-10-27-23(17-21)12-16-39-27)30(31(37)38)26(32)11-14-33-25-8-6-5-7-22(25)18-28(33)35/h5-10,17,24,26,30H,3-4,11-16,18-20H2,1-2H3,(H,37,38). The average molecular weight is 550 g/mol. The van der Waals surface area contributed by atoms with E-state index in [-0.39, 0.29) is 24.3 Å². The van der Waals surface area contributed by atoms with Crippen molar-refractivity contribution in [2.24, 2.45) is 5.92 Å². The van der Waals surface area contributed by atoms with E-state index in [1.54, 1.807) is 4.90 Å². The fourth-order valence-electron chi connectivity index (χ4n) is 6.37. The Kier molecular flexibility index (Phi) is 8.71. The molecule has 9 heteroatoms. The van der Waals surface area contributed by atoms with E-state index in [2.05, 4.69) is 6.07 Å². The van der Waals surface area contributed by atoms with Crippen molar-refractivity contribution in [3.63, 3.8) is 0 Å². The summed E-state index contributed by atoms with van der Waals surface area (Å²) in [5.41, 5.74) is 3.92. The van der Waals surface area contributed by atoms with Gasteiger partial charge in [0.2, 0.25) is 5.91 Å². The van der Waals surface area contributed by atoms with E-state index in [0.717, 1.165) is 47.4 Å². The Labute approximate surface area is 235 Å². The molecule has 3 aliphatic rings. The minimum Gasteiger partial charge on any atom is -0.493 e. The molecule has 9 nitrogen and oxygen atoms in total. The lowest BCUT2D eigenvalue weighted by Gasteiger charge is -2.30. The first kappa shape index (κ1) is 28.1. The van der Waals surface area contributed by atoms with Crippen LogP contribution in [0.25, 0.3) is 0 Å². The molecular weight excluding hydrogens is 510 g/mol. The maximum absolute atomic E-state index is 13.4. The molecule has 0 aromatic heterocycles. The summed E-state index contributed by atoms with van der Waals surface area (Å²) >= 11 is 0. The number of amides is 2. The van der Waals surface area contributed by atoms with Gasteiger partial charge in [0, 0.05) is 43.7 Å². The van der Waals surface area contributed by atoms with Crippen LogP contribution in [-0.4, -0.2) is 78.3 Å². The summed E-state index contributed by atoms with van der Waals surface area (Å²) in [6.07, 6.45) is 3.14. The van der Waals surface area contributed by atoms with E-state index in [4.69, 9.17) is 9.57 Å². The van der Waals surface area contributed by atoms with E-state index in [9.17, 15) is 19.5 Å². The number of carbonyl (C=O) groups is 3. The molecule has 0 spiro atoms. The zero-order valence-electron chi connectivity index (χ0n) is 23.4. The molecule has 3 heterocycles. The van der Waals surface area contributed by atoms with Crippen molar-refractivity contribution in [3.8, 4) is 5.75 Å². The Morgan fingerprint density at radius 3 is 2.73 bits per heavy atom. The molecule has 40 heavy (non-hydrogen) atoms. The first-order valence-corrected chi connectivity index (χ1v) is 14.4. The summed E-state index contributed by atoms with van der Waals surface area (Å²) in [4.78, 5) is 48.6. The topological polar surface area (TPSA) is 99.6 Å². The molecular formula is C31H39N3O6. The number of nitrogens with zero attached hydrogens (tertiary/aromatic N) is 3. The number of hydrogen-bond acceptors (Lipinski definition) is 6. The van der Waals surface area contributed by atoms with E-state index in [1.807, 2.05) is 55.1 Å². The fraction of sp³-hybridized carbons (Fsp3) is 0.516. The van der Waals surface area contributed by atoms with Crippen molar-refractivity contribution >= 4 is 23.5 Å². The van der Waals surface area contributed by atoms with Gasteiger partial charge in [-0.25, -0.2) is 5.06 Å². The van der Waals surface area contributed by atoms with Gasteiger partial charge in [0.05, 0.1) is 32.1 Å². The van der Waals surface area contributed by atoms with Crippen molar-refractivity contribution in [2.45, 2.75) is 57.9 Å². The van der Waals surface area contributed by atoms with Gasteiger partial charge >= 0.3 is 5.97 Å². The second kappa shape index (κ2) is 12.4. The van der Waals surface area contributed by atoms with E-state index < -0.39 is 17.9 Å². The number of likely N-dealkylation sites (tertiary alicyclic amines) is 1. The molecule has 0 radical (unpaired) electrons. The minimum atomic E-state index is -0.887. The molecule has 5 rings (SSSR count). The van der Waals surface area contributed by atoms with Crippen LogP contribution >= 0.6 is 0 Å². The number of ether oxygens (including phenoxy) is 1. The highest BCUT2D eigenvalue weighted by atomic mass is 16.7. The van der Waals surface area contributed by atoms with Gasteiger partial charge in [-0.05, 0) is 48.1 Å². The van der Waals surface area contributed by atoms with Crippen LogP contribution in [0.15, 0.2) is 42.5 Å². The zero-order valence-corrected chi connectivity index (χ0v) is 23.4. The summed E-state index contributed by atoms with van der Waals surface area (Å²) in [6.45, 7) is 6.44. The van der Waals surface area contributed by atoms with Crippen LogP contribution in [0.1, 0.15) is 55.7 Å². The summed E-state index contributed by atoms with van der Waals surface area (Å²) in [6, 6.07) is 13.3. The third-order valence-corrected chi connectivity index (χ3v) is 8.24. The predicted octanol–water partition coefficient (Wildman–Crippen LogP) is 3.65. The van der Waals surface area contributed by atoms with Crippen LogP contribution < -0.4 is 9.64 Å². The lowest BCUT2D eigenvalue weighted by atomic mass is 9.83. The number of rotatable bonds is 12. The Hall–Kier alpha value is -3.43. The summed E-state index contributed by atoms with van der Waals surface area (Å²) < 4.78 is 5.67. The Morgan fingerprint density at radius 2 is 1.95 bits per heavy atom. The maximum Gasteiger partial charge on any atom is 0.308 e. The number of hydrogen-bond donors (Lipinski definition) is 1. The molecule has 2 aromatic carbocycles. The normalized spacial score (nSPS) is 21.8. The highest BCUT2D eigenvalue weighted by Gasteiger charge is 2.47. The minimum absolute atomic E-state index is 0.0194. The van der Waals surface area contributed by atoms with Gasteiger partial charge in [-0.2, -0.15) is 0 Å². The van der Waals surface area contributed by atoms with E-state index in [0.29, 0.717) is 45.7 Å².